The maximum Gasteiger partial charge on any atom is 0.319 e. The number of hydrogen-bond acceptors (Lipinski definition) is 5. The molecule has 7 nitrogen and oxygen atoms in total. The number of rotatable bonds is 11. The number of anilines is 2. The lowest BCUT2D eigenvalue weighted by molar-refractivity contribution is 0.0977. The molecule has 2 aromatic rings. The normalized spacial score (nSPS) is 14.1. The van der Waals surface area contributed by atoms with Crippen molar-refractivity contribution in [3.05, 3.63) is 54.1 Å². The van der Waals surface area contributed by atoms with Crippen LogP contribution in [0.4, 0.5) is 16.2 Å². The Morgan fingerprint density at radius 1 is 1.00 bits per heavy atom. The molecule has 1 aliphatic rings. The molecule has 0 aliphatic carbocycles. The second-order valence-corrected chi connectivity index (χ2v) is 8.34. The zero-order chi connectivity index (χ0) is 23.5. The molecule has 0 unspecified atom stereocenters. The van der Waals surface area contributed by atoms with Crippen molar-refractivity contribution < 1.29 is 14.3 Å². The Hall–Kier alpha value is -3.06. The van der Waals surface area contributed by atoms with Crippen LogP contribution in [0.3, 0.4) is 0 Å². The van der Waals surface area contributed by atoms with E-state index in [9.17, 15) is 9.59 Å². The van der Waals surface area contributed by atoms with Gasteiger partial charge in [-0.3, -0.25) is 9.69 Å². The monoisotopic (exact) mass is 452 g/mol. The number of ether oxygens (including phenoxy) is 1. The van der Waals surface area contributed by atoms with E-state index >= 15 is 0 Å². The number of nitrogens with one attached hydrogen (secondary N) is 2. The smallest absolute Gasteiger partial charge is 0.319 e. The molecule has 2 amide bonds. The number of carbonyl (C=O) groups is 2. The predicted octanol–water partition coefficient (Wildman–Crippen LogP) is 4.40. The van der Waals surface area contributed by atoms with E-state index in [0.29, 0.717) is 30.0 Å². The van der Waals surface area contributed by atoms with Crippen molar-refractivity contribution in [2.24, 2.45) is 0 Å². The van der Waals surface area contributed by atoms with Gasteiger partial charge in [0.1, 0.15) is 5.75 Å². The molecular weight excluding hydrogens is 416 g/mol. The van der Waals surface area contributed by atoms with Crippen LogP contribution in [-0.2, 0) is 0 Å². The highest BCUT2D eigenvalue weighted by atomic mass is 16.5. The molecule has 1 saturated heterocycles. The number of nitrogens with zero attached hydrogens (tertiary/aromatic N) is 2. The minimum absolute atomic E-state index is 0.0866. The Balaban J connectivity index is 1.41. The molecule has 2 aromatic carbocycles. The van der Waals surface area contributed by atoms with E-state index in [1.807, 2.05) is 6.92 Å². The van der Waals surface area contributed by atoms with Crippen LogP contribution < -0.4 is 20.3 Å². The van der Waals surface area contributed by atoms with Crippen LogP contribution in [0.5, 0.6) is 5.75 Å². The topological polar surface area (TPSA) is 73.9 Å². The summed E-state index contributed by atoms with van der Waals surface area (Å²) < 4.78 is 5.32. The summed E-state index contributed by atoms with van der Waals surface area (Å²) in [4.78, 5) is 29.6. The summed E-state index contributed by atoms with van der Waals surface area (Å²) in [5, 5.41) is 5.55. The minimum atomic E-state index is -0.299. The van der Waals surface area contributed by atoms with Crippen molar-refractivity contribution in [2.45, 2.75) is 32.6 Å². The summed E-state index contributed by atoms with van der Waals surface area (Å²) in [6, 6.07) is 15.5. The zero-order valence-electron chi connectivity index (χ0n) is 19.8. The van der Waals surface area contributed by atoms with E-state index in [-0.39, 0.29) is 11.8 Å². The van der Waals surface area contributed by atoms with Crippen molar-refractivity contribution in [1.82, 2.24) is 10.2 Å². The number of benzene rings is 2. The summed E-state index contributed by atoms with van der Waals surface area (Å²) >= 11 is 0. The summed E-state index contributed by atoms with van der Waals surface area (Å²) in [6.07, 6.45) is 3.20. The lowest BCUT2D eigenvalue weighted by Gasteiger charge is -2.36. The largest absolute Gasteiger partial charge is 0.495 e. The fraction of sp³-hybridized carbons (Fsp3) is 0.462. The van der Waals surface area contributed by atoms with Gasteiger partial charge in [-0.2, -0.15) is 0 Å². The van der Waals surface area contributed by atoms with E-state index in [2.05, 4.69) is 50.8 Å². The van der Waals surface area contributed by atoms with E-state index in [0.717, 1.165) is 52.0 Å². The Labute approximate surface area is 197 Å². The first-order valence-electron chi connectivity index (χ1n) is 11.9. The number of unbranched alkanes of at least 4 members (excludes halogenated alkanes) is 1. The molecule has 0 aromatic heterocycles. The van der Waals surface area contributed by atoms with Gasteiger partial charge in [0.2, 0.25) is 0 Å². The molecule has 0 bridgehead atoms. The van der Waals surface area contributed by atoms with Gasteiger partial charge in [0.05, 0.1) is 12.8 Å². The maximum absolute atomic E-state index is 12.7. The van der Waals surface area contributed by atoms with Crippen LogP contribution in [0, 0.1) is 0 Å². The van der Waals surface area contributed by atoms with Crippen LogP contribution in [0.1, 0.15) is 43.0 Å². The number of hydrogen-bond donors (Lipinski definition) is 2. The van der Waals surface area contributed by atoms with Crippen molar-refractivity contribution in [3.8, 4) is 5.75 Å². The van der Waals surface area contributed by atoms with Gasteiger partial charge < -0.3 is 20.3 Å². The molecule has 1 heterocycles. The summed E-state index contributed by atoms with van der Waals surface area (Å²) in [7, 11) is 1.55. The number of piperazine rings is 1. The molecule has 1 aliphatic heterocycles. The number of ketones is 1. The Kier molecular flexibility index (Phi) is 9.57. The van der Waals surface area contributed by atoms with E-state index in [4.69, 9.17) is 4.74 Å². The molecule has 2 N–H and O–H groups in total. The lowest BCUT2D eigenvalue weighted by Crippen LogP contribution is -2.46. The SMILES string of the molecule is CCCNC(=O)Nc1cc(C(=O)CCCCN2CCN(c3ccccc3)CC2)ccc1OC. The van der Waals surface area contributed by atoms with Crippen LogP contribution in [0.2, 0.25) is 0 Å². The molecule has 0 spiro atoms. The first-order valence-corrected chi connectivity index (χ1v) is 11.9. The van der Waals surface area contributed by atoms with Gasteiger partial charge in [-0.15, -0.1) is 0 Å². The van der Waals surface area contributed by atoms with Gasteiger partial charge in [0, 0.05) is 50.4 Å². The van der Waals surface area contributed by atoms with Gasteiger partial charge in [-0.05, 0) is 56.1 Å². The summed E-state index contributed by atoms with van der Waals surface area (Å²) in [5.74, 6) is 0.622. The molecular formula is C26H36N4O3. The van der Waals surface area contributed by atoms with Crippen molar-refractivity contribution in [2.75, 3.05) is 56.6 Å². The van der Waals surface area contributed by atoms with Crippen molar-refractivity contribution in [3.63, 3.8) is 0 Å². The molecule has 33 heavy (non-hydrogen) atoms. The van der Waals surface area contributed by atoms with Gasteiger partial charge >= 0.3 is 6.03 Å². The molecule has 0 saturated carbocycles. The van der Waals surface area contributed by atoms with Crippen LogP contribution in [0.15, 0.2) is 48.5 Å². The van der Waals surface area contributed by atoms with Crippen LogP contribution >= 0.6 is 0 Å². The molecule has 1 fully saturated rings. The molecule has 178 valence electrons. The molecule has 3 rings (SSSR count). The Morgan fingerprint density at radius 2 is 1.76 bits per heavy atom. The third-order valence-corrected chi connectivity index (χ3v) is 5.93. The fourth-order valence-electron chi connectivity index (χ4n) is 4.02. The van der Waals surface area contributed by atoms with E-state index in [1.54, 1.807) is 25.3 Å². The third kappa shape index (κ3) is 7.49. The Morgan fingerprint density at radius 3 is 2.45 bits per heavy atom. The number of urea groups is 1. The second kappa shape index (κ2) is 12.8. The quantitative estimate of drug-likeness (QED) is 0.390. The zero-order valence-corrected chi connectivity index (χ0v) is 19.8. The van der Waals surface area contributed by atoms with Crippen LogP contribution in [0.25, 0.3) is 0 Å². The molecule has 0 atom stereocenters. The van der Waals surface area contributed by atoms with E-state index < -0.39 is 0 Å². The van der Waals surface area contributed by atoms with E-state index in [1.165, 1.54) is 5.69 Å². The highest BCUT2D eigenvalue weighted by molar-refractivity contribution is 5.99. The first kappa shape index (κ1) is 24.6. The number of carbonyl (C=O) groups excluding carboxylic acids is 2. The van der Waals surface area contributed by atoms with Gasteiger partial charge in [0.15, 0.2) is 5.78 Å². The number of amides is 2. The van der Waals surface area contributed by atoms with Gasteiger partial charge in [-0.25, -0.2) is 4.79 Å². The summed E-state index contributed by atoms with van der Waals surface area (Å²) in [6.45, 7) is 7.78. The molecule has 7 heteroatoms. The average Bonchev–Trinajstić information content (AvgIpc) is 2.86. The summed E-state index contributed by atoms with van der Waals surface area (Å²) in [5.41, 5.74) is 2.39. The highest BCUT2D eigenvalue weighted by Crippen LogP contribution is 2.26. The third-order valence-electron chi connectivity index (χ3n) is 5.93. The van der Waals surface area contributed by atoms with Crippen molar-refractivity contribution >= 4 is 23.2 Å². The first-order chi connectivity index (χ1) is 16.1. The minimum Gasteiger partial charge on any atom is -0.495 e. The fourth-order valence-corrected chi connectivity index (χ4v) is 4.02. The second-order valence-electron chi connectivity index (χ2n) is 8.34. The van der Waals surface area contributed by atoms with Crippen molar-refractivity contribution in [1.29, 1.82) is 0 Å². The lowest BCUT2D eigenvalue weighted by atomic mass is 10.0. The Bertz CT molecular complexity index is 896. The molecule has 0 radical (unpaired) electrons. The number of para-hydroxylation sites is 1. The van der Waals surface area contributed by atoms with Crippen LogP contribution in [-0.4, -0.2) is 63.1 Å². The predicted molar refractivity (Wildman–Crippen MR) is 134 cm³/mol. The maximum atomic E-state index is 12.7. The number of Topliss-reactive ketones (excluding diaryl/α,β-unsaturated/α-hetero) is 1. The van der Waals surface area contributed by atoms with Gasteiger partial charge in [0.25, 0.3) is 0 Å². The standard InChI is InChI=1S/C26H36N4O3/c1-3-14-27-26(32)28-23-20-21(12-13-25(23)33-2)24(31)11-7-8-15-29-16-18-30(19-17-29)22-9-5-4-6-10-22/h4-6,9-10,12-13,20H,3,7-8,11,14-19H2,1-2H3,(H2,27,28,32). The highest BCUT2D eigenvalue weighted by Gasteiger charge is 2.17. The number of methoxy groups -OCH3 is 1. The van der Waals surface area contributed by atoms with Gasteiger partial charge in [-0.1, -0.05) is 25.1 Å². The average molecular weight is 453 g/mol.